The smallest absolute Gasteiger partial charge is 0.00173 e. The number of hydrogen-bond acceptors (Lipinski definition) is 1. The van der Waals surface area contributed by atoms with Gasteiger partial charge in [0.25, 0.3) is 0 Å². The van der Waals surface area contributed by atoms with Crippen molar-refractivity contribution in [1.29, 1.82) is 0 Å². The van der Waals surface area contributed by atoms with Gasteiger partial charge in [-0.25, -0.2) is 0 Å². The van der Waals surface area contributed by atoms with Gasteiger partial charge in [0.05, 0.1) is 0 Å². The first kappa shape index (κ1) is 13.6. The minimum atomic E-state index is 0.235. The van der Waals surface area contributed by atoms with Crippen LogP contribution in [0.4, 0.5) is 0 Å². The van der Waals surface area contributed by atoms with Crippen LogP contribution in [0, 0.1) is 19.3 Å². The Morgan fingerprint density at radius 3 is 1.94 bits per heavy atom. The van der Waals surface area contributed by atoms with Gasteiger partial charge in [-0.05, 0) is 72.7 Å². The molecule has 1 saturated carbocycles. The van der Waals surface area contributed by atoms with Gasteiger partial charge in [-0.2, -0.15) is 0 Å². The molecule has 0 unspecified atom stereocenters. The summed E-state index contributed by atoms with van der Waals surface area (Å²) in [5, 5.41) is 0. The molecule has 0 atom stereocenters. The normalized spacial score (nSPS) is 17.9. The molecule has 0 heterocycles. The second kappa shape index (κ2) is 4.38. The van der Waals surface area contributed by atoms with Gasteiger partial charge in [0, 0.05) is 0 Å². The first-order valence-electron chi connectivity index (χ1n) is 7.08. The van der Waals surface area contributed by atoms with Crippen LogP contribution in [0.1, 0.15) is 55.9 Å². The average Bonchev–Trinajstić information content (AvgIpc) is 3.02. The molecular weight excluding hydrogens is 218 g/mol. The van der Waals surface area contributed by atoms with E-state index in [-0.39, 0.29) is 5.41 Å². The number of nitrogens with two attached hydrogens (primary N) is 1. The third kappa shape index (κ3) is 2.61. The van der Waals surface area contributed by atoms with Gasteiger partial charge in [0.1, 0.15) is 0 Å². The van der Waals surface area contributed by atoms with Crippen LogP contribution < -0.4 is 5.73 Å². The van der Waals surface area contributed by atoms with Gasteiger partial charge in [-0.15, -0.1) is 0 Å². The molecule has 1 heteroatoms. The molecule has 2 rings (SSSR count). The lowest BCUT2D eigenvalue weighted by molar-refractivity contribution is 0.517. The van der Waals surface area contributed by atoms with Gasteiger partial charge in [0.15, 0.2) is 0 Å². The van der Waals surface area contributed by atoms with E-state index in [2.05, 4.69) is 46.8 Å². The monoisotopic (exact) mass is 245 g/mol. The summed E-state index contributed by atoms with van der Waals surface area (Å²) in [5.41, 5.74) is 12.4. The third-order valence-electron chi connectivity index (χ3n) is 4.50. The number of hydrogen-bond donors (Lipinski definition) is 1. The molecule has 100 valence electrons. The fraction of sp³-hybridized carbons (Fsp3) is 0.647. The molecule has 1 fully saturated rings. The summed E-state index contributed by atoms with van der Waals surface area (Å²) in [6.45, 7) is 12.2. The highest BCUT2D eigenvalue weighted by Crippen LogP contribution is 2.48. The minimum absolute atomic E-state index is 0.235. The van der Waals surface area contributed by atoms with Crippen LogP contribution in [0.25, 0.3) is 0 Å². The predicted molar refractivity (Wildman–Crippen MR) is 79.0 cm³/mol. The molecule has 0 aliphatic heterocycles. The minimum Gasteiger partial charge on any atom is -0.330 e. The van der Waals surface area contributed by atoms with E-state index in [1.165, 1.54) is 41.5 Å². The highest BCUT2D eigenvalue weighted by atomic mass is 14.6. The summed E-state index contributed by atoms with van der Waals surface area (Å²) in [6, 6.07) is 4.74. The number of aryl methyl sites for hydroxylation is 2. The Bertz CT molecular complexity index is 424. The van der Waals surface area contributed by atoms with Gasteiger partial charge in [-0.3, -0.25) is 0 Å². The Labute approximate surface area is 112 Å². The van der Waals surface area contributed by atoms with Crippen LogP contribution in [0.5, 0.6) is 0 Å². The summed E-state index contributed by atoms with van der Waals surface area (Å²) in [5.74, 6) is 0. The Balaban J connectivity index is 2.33. The summed E-state index contributed by atoms with van der Waals surface area (Å²) in [4.78, 5) is 0. The zero-order chi connectivity index (χ0) is 13.6. The maximum absolute atomic E-state index is 5.92. The molecule has 0 amide bonds. The lowest BCUT2D eigenvalue weighted by Crippen LogP contribution is -2.19. The molecule has 1 aromatic rings. The third-order valence-corrected chi connectivity index (χ3v) is 4.50. The Kier molecular flexibility index (Phi) is 3.31. The van der Waals surface area contributed by atoms with Crippen molar-refractivity contribution in [2.45, 2.75) is 59.3 Å². The molecule has 1 aliphatic carbocycles. The van der Waals surface area contributed by atoms with Crippen molar-refractivity contribution in [3.8, 4) is 0 Å². The van der Waals surface area contributed by atoms with Crippen molar-refractivity contribution >= 4 is 0 Å². The fourth-order valence-corrected chi connectivity index (χ4v) is 2.71. The maximum Gasteiger partial charge on any atom is -0.00173 e. The first-order chi connectivity index (χ1) is 8.27. The van der Waals surface area contributed by atoms with Gasteiger partial charge < -0.3 is 5.73 Å². The lowest BCUT2D eigenvalue weighted by atomic mass is 9.82. The van der Waals surface area contributed by atoms with Crippen LogP contribution in [0.3, 0.4) is 0 Å². The zero-order valence-corrected chi connectivity index (χ0v) is 12.6. The zero-order valence-electron chi connectivity index (χ0n) is 12.6. The Morgan fingerprint density at radius 2 is 1.61 bits per heavy atom. The second-order valence-electron chi connectivity index (χ2n) is 7.22. The highest BCUT2D eigenvalue weighted by Gasteiger charge is 2.41. The van der Waals surface area contributed by atoms with E-state index in [9.17, 15) is 0 Å². The standard InChI is InChI=1S/C17H27N/c1-12-8-14(16(3,4)5)9-13(2)15(12)10-17(11-18)6-7-17/h8-9H,6-7,10-11,18H2,1-5H3. The average molecular weight is 245 g/mol. The fourth-order valence-electron chi connectivity index (χ4n) is 2.71. The number of rotatable bonds is 3. The molecule has 1 aromatic carbocycles. The second-order valence-corrected chi connectivity index (χ2v) is 7.22. The van der Waals surface area contributed by atoms with Crippen molar-refractivity contribution in [3.05, 3.63) is 34.4 Å². The molecule has 0 bridgehead atoms. The van der Waals surface area contributed by atoms with Crippen LogP contribution >= 0.6 is 0 Å². The van der Waals surface area contributed by atoms with Crippen LogP contribution in [-0.2, 0) is 11.8 Å². The van der Waals surface area contributed by atoms with Gasteiger partial charge in [-0.1, -0.05) is 32.9 Å². The van der Waals surface area contributed by atoms with Gasteiger partial charge >= 0.3 is 0 Å². The summed E-state index contributed by atoms with van der Waals surface area (Å²) in [7, 11) is 0. The quantitative estimate of drug-likeness (QED) is 0.859. The van der Waals surface area contributed by atoms with Crippen molar-refractivity contribution in [2.24, 2.45) is 11.1 Å². The predicted octanol–water partition coefficient (Wildman–Crippen LogP) is 3.88. The molecule has 1 aliphatic rings. The topological polar surface area (TPSA) is 26.0 Å². The largest absolute Gasteiger partial charge is 0.330 e. The molecular formula is C17H27N. The Morgan fingerprint density at radius 1 is 1.11 bits per heavy atom. The summed E-state index contributed by atoms with van der Waals surface area (Å²) in [6.07, 6.45) is 3.79. The molecule has 2 N–H and O–H groups in total. The molecule has 18 heavy (non-hydrogen) atoms. The Hall–Kier alpha value is -0.820. The van der Waals surface area contributed by atoms with Crippen molar-refractivity contribution in [1.82, 2.24) is 0 Å². The van der Waals surface area contributed by atoms with E-state index in [0.717, 1.165) is 6.54 Å². The summed E-state index contributed by atoms with van der Waals surface area (Å²) < 4.78 is 0. The van der Waals surface area contributed by atoms with E-state index in [4.69, 9.17) is 5.73 Å². The lowest BCUT2D eigenvalue weighted by Gasteiger charge is -2.24. The van der Waals surface area contributed by atoms with Crippen molar-refractivity contribution < 1.29 is 0 Å². The van der Waals surface area contributed by atoms with E-state index < -0.39 is 0 Å². The molecule has 1 nitrogen and oxygen atoms in total. The van der Waals surface area contributed by atoms with Crippen LogP contribution in [-0.4, -0.2) is 6.54 Å². The summed E-state index contributed by atoms with van der Waals surface area (Å²) >= 11 is 0. The highest BCUT2D eigenvalue weighted by molar-refractivity contribution is 5.41. The maximum atomic E-state index is 5.92. The van der Waals surface area contributed by atoms with E-state index in [1.807, 2.05) is 0 Å². The SMILES string of the molecule is Cc1cc(C(C)(C)C)cc(C)c1CC1(CN)CC1. The number of benzene rings is 1. The molecule has 0 aromatic heterocycles. The van der Waals surface area contributed by atoms with Crippen molar-refractivity contribution in [2.75, 3.05) is 6.54 Å². The van der Waals surface area contributed by atoms with E-state index >= 15 is 0 Å². The molecule has 0 radical (unpaired) electrons. The van der Waals surface area contributed by atoms with Crippen LogP contribution in [0.15, 0.2) is 12.1 Å². The van der Waals surface area contributed by atoms with Crippen molar-refractivity contribution in [3.63, 3.8) is 0 Å². The molecule has 0 spiro atoms. The van der Waals surface area contributed by atoms with E-state index in [1.54, 1.807) is 0 Å². The van der Waals surface area contributed by atoms with Crippen LogP contribution in [0.2, 0.25) is 0 Å². The first-order valence-corrected chi connectivity index (χ1v) is 7.08. The van der Waals surface area contributed by atoms with Gasteiger partial charge in [0.2, 0.25) is 0 Å². The van der Waals surface area contributed by atoms with E-state index in [0.29, 0.717) is 5.41 Å². The molecule has 0 saturated heterocycles.